The maximum atomic E-state index is 13.1. The molecule has 1 N–H and O–H groups in total. The van der Waals surface area contributed by atoms with Gasteiger partial charge in [-0.25, -0.2) is 4.39 Å². The highest BCUT2D eigenvalue weighted by atomic mass is 19.1. The first kappa shape index (κ1) is 12.9. The Morgan fingerprint density at radius 1 is 1.10 bits per heavy atom. The molecule has 0 amide bonds. The van der Waals surface area contributed by atoms with Gasteiger partial charge in [-0.2, -0.15) is 0 Å². The van der Waals surface area contributed by atoms with E-state index in [0.29, 0.717) is 16.7 Å². The Bertz CT molecular complexity index is 728. The summed E-state index contributed by atoms with van der Waals surface area (Å²) in [5, 5.41) is 11.0. The first-order valence-electron chi connectivity index (χ1n) is 6.63. The summed E-state index contributed by atoms with van der Waals surface area (Å²) in [6.45, 7) is 2.08. The van der Waals surface area contributed by atoms with Gasteiger partial charge in [0, 0.05) is 5.39 Å². The molecule has 0 aliphatic heterocycles. The number of aliphatic hydroxyl groups excluding tert-OH is 1. The molecule has 2 aromatic carbocycles. The topological polar surface area (TPSA) is 33.4 Å². The maximum Gasteiger partial charge on any atom is 0.138 e. The minimum Gasteiger partial charge on any atom is -0.458 e. The number of benzene rings is 2. The quantitative estimate of drug-likeness (QED) is 0.773. The van der Waals surface area contributed by atoms with Gasteiger partial charge in [-0.1, -0.05) is 31.2 Å². The molecule has 3 aromatic rings. The number of aryl methyl sites for hydroxylation is 1. The van der Waals surface area contributed by atoms with Crippen LogP contribution in [0.3, 0.4) is 0 Å². The van der Waals surface area contributed by atoms with Crippen LogP contribution in [0.1, 0.15) is 29.9 Å². The summed E-state index contributed by atoms with van der Waals surface area (Å²) in [7, 11) is 0. The van der Waals surface area contributed by atoms with Crippen LogP contribution in [0, 0.1) is 5.82 Å². The molecule has 20 heavy (non-hydrogen) atoms. The molecule has 0 saturated heterocycles. The van der Waals surface area contributed by atoms with E-state index in [2.05, 4.69) is 6.92 Å². The molecule has 3 heteroatoms. The van der Waals surface area contributed by atoms with Crippen molar-refractivity contribution in [3.63, 3.8) is 0 Å². The van der Waals surface area contributed by atoms with Gasteiger partial charge < -0.3 is 9.52 Å². The third-order valence-electron chi connectivity index (χ3n) is 3.47. The molecule has 0 aliphatic carbocycles. The smallest absolute Gasteiger partial charge is 0.138 e. The van der Waals surface area contributed by atoms with Crippen molar-refractivity contribution >= 4 is 11.0 Å². The zero-order valence-electron chi connectivity index (χ0n) is 11.1. The van der Waals surface area contributed by atoms with Crippen molar-refractivity contribution in [1.82, 2.24) is 0 Å². The molecule has 102 valence electrons. The molecular weight excluding hydrogens is 255 g/mol. The van der Waals surface area contributed by atoms with Gasteiger partial charge >= 0.3 is 0 Å². The van der Waals surface area contributed by atoms with Gasteiger partial charge in [-0.05, 0) is 41.8 Å². The number of hydrogen-bond donors (Lipinski definition) is 1. The minimum atomic E-state index is -0.837. The van der Waals surface area contributed by atoms with Crippen molar-refractivity contribution in [3.05, 3.63) is 71.2 Å². The summed E-state index contributed by atoms with van der Waals surface area (Å²) in [5.41, 5.74) is 2.56. The lowest BCUT2D eigenvalue weighted by atomic mass is 10.0. The average molecular weight is 270 g/mol. The third-order valence-corrected chi connectivity index (χ3v) is 3.47. The minimum absolute atomic E-state index is 0.313. The van der Waals surface area contributed by atoms with E-state index in [1.165, 1.54) is 17.7 Å². The zero-order chi connectivity index (χ0) is 14.1. The van der Waals surface area contributed by atoms with E-state index in [0.717, 1.165) is 12.0 Å². The summed E-state index contributed by atoms with van der Waals surface area (Å²) < 4.78 is 18.7. The highest BCUT2D eigenvalue weighted by Crippen LogP contribution is 2.28. The highest BCUT2D eigenvalue weighted by molar-refractivity contribution is 5.78. The van der Waals surface area contributed by atoms with E-state index >= 15 is 0 Å². The highest BCUT2D eigenvalue weighted by Gasteiger charge is 2.15. The average Bonchev–Trinajstić information content (AvgIpc) is 2.89. The van der Waals surface area contributed by atoms with Crippen LogP contribution in [0.15, 0.2) is 52.9 Å². The maximum absolute atomic E-state index is 13.1. The second-order valence-corrected chi connectivity index (χ2v) is 4.83. The number of aliphatic hydroxyl groups is 1. The second-order valence-electron chi connectivity index (χ2n) is 4.83. The second kappa shape index (κ2) is 5.10. The van der Waals surface area contributed by atoms with Crippen LogP contribution in [0.25, 0.3) is 11.0 Å². The lowest BCUT2D eigenvalue weighted by Crippen LogP contribution is -1.97. The van der Waals surface area contributed by atoms with Crippen molar-refractivity contribution in [2.45, 2.75) is 19.4 Å². The molecular formula is C17H15FO2. The molecule has 0 saturated carbocycles. The monoisotopic (exact) mass is 270 g/mol. The predicted octanol–water partition coefficient (Wildman–Crippen LogP) is 4.22. The molecule has 0 bridgehead atoms. The van der Waals surface area contributed by atoms with Crippen LogP contribution >= 0.6 is 0 Å². The molecule has 1 unspecified atom stereocenters. The Labute approximate surface area is 116 Å². The van der Waals surface area contributed by atoms with Crippen molar-refractivity contribution in [2.24, 2.45) is 0 Å². The number of rotatable bonds is 3. The summed E-state index contributed by atoms with van der Waals surface area (Å²) in [6, 6.07) is 13.7. The van der Waals surface area contributed by atoms with Crippen LogP contribution in [-0.4, -0.2) is 5.11 Å². The Morgan fingerprint density at radius 3 is 2.55 bits per heavy atom. The van der Waals surface area contributed by atoms with Crippen molar-refractivity contribution < 1.29 is 13.9 Å². The standard InChI is InChI=1S/C17H15FO2/c1-2-11-3-5-12(6-4-11)17(19)16-10-13-9-14(18)7-8-15(13)20-16/h3-10,17,19H,2H2,1H3. The molecule has 1 aromatic heterocycles. The fourth-order valence-electron chi connectivity index (χ4n) is 2.27. The van der Waals surface area contributed by atoms with E-state index in [1.54, 1.807) is 12.1 Å². The number of halogens is 1. The molecule has 2 nitrogen and oxygen atoms in total. The molecule has 0 spiro atoms. The van der Waals surface area contributed by atoms with Gasteiger partial charge in [-0.3, -0.25) is 0 Å². The SMILES string of the molecule is CCc1ccc(C(O)c2cc3cc(F)ccc3o2)cc1. The lowest BCUT2D eigenvalue weighted by molar-refractivity contribution is 0.192. The lowest BCUT2D eigenvalue weighted by Gasteiger charge is -2.08. The van der Waals surface area contributed by atoms with Gasteiger partial charge in [0.15, 0.2) is 0 Å². The van der Waals surface area contributed by atoms with E-state index in [1.807, 2.05) is 24.3 Å². The Balaban J connectivity index is 1.96. The Kier molecular flexibility index (Phi) is 3.28. The van der Waals surface area contributed by atoms with Crippen LogP contribution in [-0.2, 0) is 6.42 Å². The zero-order valence-corrected chi connectivity index (χ0v) is 11.1. The van der Waals surface area contributed by atoms with E-state index in [9.17, 15) is 9.50 Å². The van der Waals surface area contributed by atoms with Crippen LogP contribution < -0.4 is 0 Å². The van der Waals surface area contributed by atoms with E-state index < -0.39 is 6.10 Å². The van der Waals surface area contributed by atoms with E-state index in [-0.39, 0.29) is 5.82 Å². The normalized spacial score (nSPS) is 12.8. The molecule has 1 atom stereocenters. The first-order chi connectivity index (χ1) is 9.67. The molecule has 0 radical (unpaired) electrons. The summed E-state index contributed by atoms with van der Waals surface area (Å²) in [4.78, 5) is 0. The van der Waals surface area contributed by atoms with Crippen molar-refractivity contribution in [3.8, 4) is 0 Å². The summed E-state index contributed by atoms with van der Waals surface area (Å²) in [5.74, 6) is 0.112. The van der Waals surface area contributed by atoms with Gasteiger partial charge in [0.1, 0.15) is 23.3 Å². The number of hydrogen-bond acceptors (Lipinski definition) is 2. The first-order valence-corrected chi connectivity index (χ1v) is 6.63. The van der Waals surface area contributed by atoms with Crippen molar-refractivity contribution in [2.75, 3.05) is 0 Å². The Hall–Kier alpha value is -2.13. The van der Waals surface area contributed by atoms with Crippen LogP contribution in [0.5, 0.6) is 0 Å². The van der Waals surface area contributed by atoms with Gasteiger partial charge in [-0.15, -0.1) is 0 Å². The Morgan fingerprint density at radius 2 is 1.85 bits per heavy atom. The predicted molar refractivity (Wildman–Crippen MR) is 76.1 cm³/mol. The summed E-state index contributed by atoms with van der Waals surface area (Å²) in [6.07, 6.45) is 0.122. The number of furan rings is 1. The summed E-state index contributed by atoms with van der Waals surface area (Å²) >= 11 is 0. The number of fused-ring (bicyclic) bond motifs is 1. The van der Waals surface area contributed by atoms with Gasteiger partial charge in [0.25, 0.3) is 0 Å². The van der Waals surface area contributed by atoms with E-state index in [4.69, 9.17) is 4.42 Å². The molecule has 0 fully saturated rings. The van der Waals surface area contributed by atoms with Crippen LogP contribution in [0.4, 0.5) is 4.39 Å². The van der Waals surface area contributed by atoms with Gasteiger partial charge in [0.05, 0.1) is 0 Å². The molecule has 3 rings (SSSR count). The largest absolute Gasteiger partial charge is 0.458 e. The molecule has 0 aliphatic rings. The fourth-order valence-corrected chi connectivity index (χ4v) is 2.27. The molecule has 1 heterocycles. The van der Waals surface area contributed by atoms with Crippen LogP contribution in [0.2, 0.25) is 0 Å². The van der Waals surface area contributed by atoms with Crippen molar-refractivity contribution in [1.29, 1.82) is 0 Å². The fraction of sp³-hybridized carbons (Fsp3) is 0.176. The third kappa shape index (κ3) is 2.32. The van der Waals surface area contributed by atoms with Gasteiger partial charge in [0.2, 0.25) is 0 Å².